The third kappa shape index (κ3) is 3.17. The molecule has 0 spiro atoms. The highest BCUT2D eigenvalue weighted by molar-refractivity contribution is 5.31. The number of nitrogens with zero attached hydrogens (tertiary/aromatic N) is 3. The summed E-state index contributed by atoms with van der Waals surface area (Å²) in [6.07, 6.45) is 8.17. The number of para-hydroxylation sites is 1. The van der Waals surface area contributed by atoms with Crippen molar-refractivity contribution in [1.29, 1.82) is 0 Å². The Morgan fingerprint density at radius 1 is 1.33 bits per heavy atom. The van der Waals surface area contributed by atoms with Crippen molar-refractivity contribution in [2.24, 2.45) is 11.7 Å². The van der Waals surface area contributed by atoms with Crippen molar-refractivity contribution < 1.29 is 0 Å². The van der Waals surface area contributed by atoms with Crippen LogP contribution in [0, 0.1) is 5.92 Å². The van der Waals surface area contributed by atoms with Crippen LogP contribution in [0.25, 0.3) is 5.69 Å². The van der Waals surface area contributed by atoms with E-state index in [2.05, 4.69) is 35.4 Å². The fraction of sp³-hybridized carbons (Fsp3) is 0.471. The van der Waals surface area contributed by atoms with Gasteiger partial charge in [-0.05, 0) is 37.9 Å². The summed E-state index contributed by atoms with van der Waals surface area (Å²) >= 11 is 0. The molecule has 1 unspecified atom stereocenters. The average Bonchev–Trinajstić information content (AvgIpc) is 2.94. The first-order valence-electron chi connectivity index (χ1n) is 7.78. The van der Waals surface area contributed by atoms with Gasteiger partial charge in [0, 0.05) is 30.9 Å². The number of hydrogen-bond acceptors (Lipinski definition) is 3. The molecule has 0 radical (unpaired) electrons. The van der Waals surface area contributed by atoms with Gasteiger partial charge in [0.25, 0.3) is 0 Å². The lowest BCUT2D eigenvalue weighted by Gasteiger charge is -2.34. The highest BCUT2D eigenvalue weighted by atomic mass is 15.3. The zero-order chi connectivity index (χ0) is 14.7. The number of likely N-dealkylation sites (N-methyl/N-ethyl adjacent to an activating group) is 1. The summed E-state index contributed by atoms with van der Waals surface area (Å²) in [4.78, 5) is 2.39. The average molecular weight is 284 g/mol. The smallest absolute Gasteiger partial charge is 0.0645 e. The lowest BCUT2D eigenvalue weighted by molar-refractivity contribution is 0.165. The van der Waals surface area contributed by atoms with E-state index in [1.54, 1.807) is 0 Å². The van der Waals surface area contributed by atoms with Crippen LogP contribution >= 0.6 is 0 Å². The van der Waals surface area contributed by atoms with Crippen molar-refractivity contribution >= 4 is 0 Å². The van der Waals surface area contributed by atoms with Gasteiger partial charge in [-0.1, -0.05) is 24.6 Å². The van der Waals surface area contributed by atoms with Crippen LogP contribution in [0.3, 0.4) is 0 Å². The molecule has 1 aliphatic carbocycles. The first-order chi connectivity index (χ1) is 10.3. The van der Waals surface area contributed by atoms with Crippen LogP contribution in [0.4, 0.5) is 0 Å². The van der Waals surface area contributed by atoms with Gasteiger partial charge < -0.3 is 5.73 Å². The Morgan fingerprint density at radius 3 is 2.71 bits per heavy atom. The molecular weight excluding hydrogens is 260 g/mol. The minimum absolute atomic E-state index is 0.253. The molecule has 1 atom stereocenters. The first-order valence-corrected chi connectivity index (χ1v) is 7.78. The molecule has 2 N–H and O–H groups in total. The predicted octanol–water partition coefficient (Wildman–Crippen LogP) is 2.60. The zero-order valence-corrected chi connectivity index (χ0v) is 12.7. The van der Waals surface area contributed by atoms with E-state index in [1.807, 2.05) is 29.1 Å². The van der Waals surface area contributed by atoms with Crippen molar-refractivity contribution in [3.8, 4) is 5.69 Å². The molecule has 4 nitrogen and oxygen atoms in total. The molecule has 0 bridgehead atoms. The standard InChI is InChI=1S/C17H24N4/c1-20(12-14-6-5-7-14)17(10-18)15-11-19-21(13-15)16-8-3-2-4-9-16/h2-4,8-9,11,13-14,17H,5-7,10,12,18H2,1H3. The summed E-state index contributed by atoms with van der Waals surface area (Å²) in [5, 5.41) is 4.49. The quantitative estimate of drug-likeness (QED) is 0.887. The molecule has 112 valence electrons. The van der Waals surface area contributed by atoms with Crippen LogP contribution in [0.1, 0.15) is 30.9 Å². The Kier molecular flexibility index (Phi) is 4.36. The maximum absolute atomic E-state index is 6.01. The molecule has 1 aromatic heterocycles. The van der Waals surface area contributed by atoms with Crippen molar-refractivity contribution in [2.45, 2.75) is 25.3 Å². The van der Waals surface area contributed by atoms with Crippen LogP contribution in [-0.2, 0) is 0 Å². The topological polar surface area (TPSA) is 47.1 Å². The van der Waals surface area contributed by atoms with Gasteiger partial charge in [-0.3, -0.25) is 4.90 Å². The summed E-state index contributed by atoms with van der Waals surface area (Å²) < 4.78 is 1.93. The SMILES string of the molecule is CN(CC1CCC1)C(CN)c1cnn(-c2ccccc2)c1. The van der Waals surface area contributed by atoms with E-state index < -0.39 is 0 Å². The molecule has 1 heterocycles. The number of nitrogens with two attached hydrogens (primary N) is 1. The van der Waals surface area contributed by atoms with Gasteiger partial charge in [-0.2, -0.15) is 5.10 Å². The minimum atomic E-state index is 0.253. The second-order valence-electron chi connectivity index (χ2n) is 6.04. The maximum Gasteiger partial charge on any atom is 0.0645 e. The molecule has 21 heavy (non-hydrogen) atoms. The molecule has 1 aliphatic rings. The minimum Gasteiger partial charge on any atom is -0.329 e. The van der Waals surface area contributed by atoms with Crippen LogP contribution in [0.5, 0.6) is 0 Å². The van der Waals surface area contributed by atoms with Crippen LogP contribution < -0.4 is 5.73 Å². The Hall–Kier alpha value is -1.65. The number of rotatable bonds is 6. The van der Waals surface area contributed by atoms with Gasteiger partial charge in [-0.25, -0.2) is 4.68 Å². The molecule has 0 saturated heterocycles. The Labute approximate surface area is 126 Å². The van der Waals surface area contributed by atoms with Crippen LogP contribution in [0.2, 0.25) is 0 Å². The summed E-state index contributed by atoms with van der Waals surface area (Å²) in [5.41, 5.74) is 8.29. The van der Waals surface area contributed by atoms with Crippen molar-refractivity contribution in [3.63, 3.8) is 0 Å². The van der Waals surface area contributed by atoms with Crippen molar-refractivity contribution in [2.75, 3.05) is 20.1 Å². The molecular formula is C17H24N4. The number of benzene rings is 1. The highest BCUT2D eigenvalue weighted by Gasteiger charge is 2.24. The van der Waals surface area contributed by atoms with Gasteiger partial charge in [-0.15, -0.1) is 0 Å². The Balaban J connectivity index is 1.73. The zero-order valence-electron chi connectivity index (χ0n) is 12.7. The first kappa shape index (κ1) is 14.3. The molecule has 1 saturated carbocycles. The van der Waals surface area contributed by atoms with Crippen molar-refractivity contribution in [3.05, 3.63) is 48.3 Å². The molecule has 0 aliphatic heterocycles. The number of hydrogen-bond donors (Lipinski definition) is 1. The highest BCUT2D eigenvalue weighted by Crippen LogP contribution is 2.29. The van der Waals surface area contributed by atoms with E-state index >= 15 is 0 Å². The molecule has 1 fully saturated rings. The summed E-state index contributed by atoms with van der Waals surface area (Å²) in [5.74, 6) is 0.855. The van der Waals surface area contributed by atoms with Crippen LogP contribution in [0.15, 0.2) is 42.7 Å². The van der Waals surface area contributed by atoms with E-state index in [1.165, 1.54) is 24.8 Å². The van der Waals surface area contributed by atoms with E-state index in [0.717, 1.165) is 18.2 Å². The molecule has 2 aromatic rings. The maximum atomic E-state index is 6.01. The fourth-order valence-electron chi connectivity index (χ4n) is 3.01. The Morgan fingerprint density at radius 2 is 2.10 bits per heavy atom. The van der Waals surface area contributed by atoms with E-state index in [9.17, 15) is 0 Å². The van der Waals surface area contributed by atoms with E-state index in [0.29, 0.717) is 6.54 Å². The molecule has 3 rings (SSSR count). The third-order valence-electron chi connectivity index (χ3n) is 4.53. The summed E-state index contributed by atoms with van der Waals surface area (Å²) in [6.45, 7) is 1.77. The van der Waals surface area contributed by atoms with Crippen molar-refractivity contribution in [1.82, 2.24) is 14.7 Å². The van der Waals surface area contributed by atoms with Gasteiger partial charge >= 0.3 is 0 Å². The fourth-order valence-corrected chi connectivity index (χ4v) is 3.01. The second-order valence-corrected chi connectivity index (χ2v) is 6.04. The third-order valence-corrected chi connectivity index (χ3v) is 4.53. The van der Waals surface area contributed by atoms with E-state index in [-0.39, 0.29) is 6.04 Å². The van der Waals surface area contributed by atoms with E-state index in [4.69, 9.17) is 5.73 Å². The van der Waals surface area contributed by atoms with Gasteiger partial charge in [0.15, 0.2) is 0 Å². The predicted molar refractivity (Wildman–Crippen MR) is 85.3 cm³/mol. The second kappa shape index (κ2) is 6.41. The normalized spacial score (nSPS) is 16.9. The number of aromatic nitrogens is 2. The van der Waals surface area contributed by atoms with Crippen LogP contribution in [-0.4, -0.2) is 34.8 Å². The molecule has 0 amide bonds. The van der Waals surface area contributed by atoms with Gasteiger partial charge in [0.2, 0.25) is 0 Å². The largest absolute Gasteiger partial charge is 0.329 e. The lowest BCUT2D eigenvalue weighted by Crippen LogP contribution is -2.36. The van der Waals surface area contributed by atoms with Gasteiger partial charge in [0.1, 0.15) is 0 Å². The monoisotopic (exact) mass is 284 g/mol. The molecule has 1 aromatic carbocycles. The van der Waals surface area contributed by atoms with Gasteiger partial charge in [0.05, 0.1) is 11.9 Å². The summed E-state index contributed by atoms with van der Waals surface area (Å²) in [7, 11) is 2.18. The Bertz CT molecular complexity index is 559. The lowest BCUT2D eigenvalue weighted by atomic mass is 9.85. The summed E-state index contributed by atoms with van der Waals surface area (Å²) in [6, 6.07) is 10.4. The molecule has 4 heteroatoms.